The van der Waals surface area contributed by atoms with Crippen LogP contribution in [0.3, 0.4) is 0 Å². The standard InChI is InChI=1S/C17H18ClN5O3/c1-10-15(16(17(25)26-3)22(2)21-10)20-14(24)6-7-23-13-8-12(18)5-4-11(13)9-19-23/h4-5,8-9H,6-7H2,1-3H3,(H,20,24). The van der Waals surface area contributed by atoms with E-state index in [9.17, 15) is 9.59 Å². The summed E-state index contributed by atoms with van der Waals surface area (Å²) >= 11 is 6.02. The first-order chi connectivity index (χ1) is 12.4. The number of aromatic nitrogens is 4. The van der Waals surface area contributed by atoms with Gasteiger partial charge in [0.2, 0.25) is 5.91 Å². The van der Waals surface area contributed by atoms with Crippen molar-refractivity contribution >= 4 is 40.1 Å². The van der Waals surface area contributed by atoms with Crippen LogP contribution in [0.1, 0.15) is 22.6 Å². The Hall–Kier alpha value is -2.87. The lowest BCUT2D eigenvalue weighted by molar-refractivity contribution is -0.116. The lowest BCUT2D eigenvalue weighted by atomic mass is 10.2. The van der Waals surface area contributed by atoms with Gasteiger partial charge in [-0.25, -0.2) is 4.79 Å². The number of anilines is 1. The summed E-state index contributed by atoms with van der Waals surface area (Å²) in [6.45, 7) is 2.09. The molecule has 26 heavy (non-hydrogen) atoms. The number of benzene rings is 1. The minimum Gasteiger partial charge on any atom is -0.464 e. The van der Waals surface area contributed by atoms with Crippen LogP contribution in [0.15, 0.2) is 24.4 Å². The Kier molecular flexibility index (Phi) is 4.94. The first-order valence-corrected chi connectivity index (χ1v) is 8.31. The first kappa shape index (κ1) is 17.9. The number of hydrogen-bond donors (Lipinski definition) is 1. The molecule has 8 nitrogen and oxygen atoms in total. The van der Waals surface area contributed by atoms with Crippen molar-refractivity contribution in [3.63, 3.8) is 0 Å². The number of aryl methyl sites for hydroxylation is 3. The number of nitrogens with one attached hydrogen (secondary N) is 1. The maximum Gasteiger partial charge on any atom is 0.358 e. The first-order valence-electron chi connectivity index (χ1n) is 7.93. The van der Waals surface area contributed by atoms with Gasteiger partial charge in [0.15, 0.2) is 5.69 Å². The second-order valence-electron chi connectivity index (χ2n) is 5.79. The second-order valence-corrected chi connectivity index (χ2v) is 6.23. The van der Waals surface area contributed by atoms with E-state index in [1.807, 2.05) is 12.1 Å². The molecule has 9 heteroatoms. The summed E-state index contributed by atoms with van der Waals surface area (Å²) in [5, 5.41) is 12.8. The number of hydrogen-bond acceptors (Lipinski definition) is 5. The number of methoxy groups -OCH3 is 1. The van der Waals surface area contributed by atoms with Gasteiger partial charge in [0.05, 0.1) is 36.7 Å². The van der Waals surface area contributed by atoms with Crippen molar-refractivity contribution in [1.82, 2.24) is 19.6 Å². The van der Waals surface area contributed by atoms with Gasteiger partial charge in [-0.05, 0) is 25.1 Å². The van der Waals surface area contributed by atoms with Crippen LogP contribution in [0.5, 0.6) is 0 Å². The van der Waals surface area contributed by atoms with E-state index in [4.69, 9.17) is 16.3 Å². The average molecular weight is 376 g/mol. The van der Waals surface area contributed by atoms with Crippen LogP contribution in [-0.2, 0) is 23.1 Å². The molecule has 0 aliphatic carbocycles. The number of fused-ring (bicyclic) bond motifs is 1. The zero-order valence-corrected chi connectivity index (χ0v) is 15.4. The van der Waals surface area contributed by atoms with Gasteiger partial charge in [0.1, 0.15) is 0 Å². The normalized spacial score (nSPS) is 10.9. The molecule has 0 fully saturated rings. The Bertz CT molecular complexity index is 992. The quantitative estimate of drug-likeness (QED) is 0.692. The van der Waals surface area contributed by atoms with E-state index < -0.39 is 5.97 Å². The van der Waals surface area contributed by atoms with Crippen molar-refractivity contribution in [1.29, 1.82) is 0 Å². The lowest BCUT2D eigenvalue weighted by Gasteiger charge is -2.08. The van der Waals surface area contributed by atoms with Crippen LogP contribution in [0.2, 0.25) is 5.02 Å². The number of ether oxygens (including phenoxy) is 1. The average Bonchev–Trinajstić information content (AvgIpc) is 3.12. The van der Waals surface area contributed by atoms with Gasteiger partial charge in [-0.15, -0.1) is 0 Å². The Morgan fingerprint density at radius 3 is 2.85 bits per heavy atom. The largest absolute Gasteiger partial charge is 0.464 e. The summed E-state index contributed by atoms with van der Waals surface area (Å²) in [7, 11) is 2.90. The molecule has 1 N–H and O–H groups in total. The van der Waals surface area contributed by atoms with Crippen LogP contribution in [0.25, 0.3) is 10.9 Å². The van der Waals surface area contributed by atoms with Crippen molar-refractivity contribution in [2.24, 2.45) is 7.05 Å². The van der Waals surface area contributed by atoms with Crippen molar-refractivity contribution in [2.45, 2.75) is 19.9 Å². The Balaban J connectivity index is 1.73. The number of amides is 1. The van der Waals surface area contributed by atoms with Gasteiger partial charge in [-0.2, -0.15) is 10.2 Å². The number of carbonyl (C=O) groups is 2. The van der Waals surface area contributed by atoms with Crippen LogP contribution >= 0.6 is 11.6 Å². The van der Waals surface area contributed by atoms with Crippen LogP contribution in [0, 0.1) is 6.92 Å². The second kappa shape index (κ2) is 7.17. The van der Waals surface area contributed by atoms with E-state index >= 15 is 0 Å². The molecule has 2 heterocycles. The van der Waals surface area contributed by atoms with Crippen LogP contribution in [0.4, 0.5) is 5.69 Å². The molecule has 136 valence electrons. The van der Waals surface area contributed by atoms with Crippen molar-refractivity contribution in [3.05, 3.63) is 40.8 Å². The molecule has 0 unspecified atom stereocenters. The molecular formula is C17H18ClN5O3. The maximum absolute atomic E-state index is 12.4. The molecule has 1 amide bonds. The summed E-state index contributed by atoms with van der Waals surface area (Å²) in [6, 6.07) is 5.48. The maximum atomic E-state index is 12.4. The fourth-order valence-corrected chi connectivity index (χ4v) is 2.94. The molecule has 3 aromatic rings. The SMILES string of the molecule is COC(=O)c1c(NC(=O)CCn2ncc3ccc(Cl)cc32)c(C)nn1C. The molecule has 0 spiro atoms. The Labute approximate surface area is 154 Å². The molecule has 0 saturated carbocycles. The minimum atomic E-state index is -0.559. The summed E-state index contributed by atoms with van der Waals surface area (Å²) in [5.41, 5.74) is 1.96. The molecule has 0 bridgehead atoms. The zero-order chi connectivity index (χ0) is 18.8. The van der Waals surface area contributed by atoms with Crippen molar-refractivity contribution in [3.8, 4) is 0 Å². The number of rotatable bonds is 5. The Morgan fingerprint density at radius 1 is 1.35 bits per heavy atom. The molecule has 0 aliphatic heterocycles. The predicted octanol–water partition coefficient (Wildman–Crippen LogP) is 2.55. The van der Waals surface area contributed by atoms with E-state index in [0.29, 0.717) is 22.9 Å². The molecule has 2 aromatic heterocycles. The summed E-state index contributed by atoms with van der Waals surface area (Å²) in [6.07, 6.45) is 1.91. The molecule has 0 saturated heterocycles. The van der Waals surface area contributed by atoms with Gasteiger partial charge in [0.25, 0.3) is 0 Å². The van der Waals surface area contributed by atoms with Gasteiger partial charge in [-0.3, -0.25) is 14.2 Å². The van der Waals surface area contributed by atoms with Gasteiger partial charge >= 0.3 is 5.97 Å². The zero-order valence-electron chi connectivity index (χ0n) is 14.6. The van der Waals surface area contributed by atoms with E-state index in [-0.39, 0.29) is 18.0 Å². The molecule has 1 aromatic carbocycles. The van der Waals surface area contributed by atoms with E-state index in [2.05, 4.69) is 15.5 Å². The van der Waals surface area contributed by atoms with Crippen molar-refractivity contribution < 1.29 is 14.3 Å². The van der Waals surface area contributed by atoms with E-state index in [1.54, 1.807) is 30.9 Å². The Morgan fingerprint density at radius 2 is 2.12 bits per heavy atom. The predicted molar refractivity (Wildman–Crippen MR) is 97.3 cm³/mol. The molecular weight excluding hydrogens is 358 g/mol. The molecule has 3 rings (SSSR count). The van der Waals surface area contributed by atoms with Crippen LogP contribution < -0.4 is 5.32 Å². The van der Waals surface area contributed by atoms with Gasteiger partial charge in [-0.1, -0.05) is 11.6 Å². The number of carbonyl (C=O) groups excluding carboxylic acids is 2. The monoisotopic (exact) mass is 375 g/mol. The fourth-order valence-electron chi connectivity index (χ4n) is 2.77. The third-order valence-electron chi connectivity index (χ3n) is 4.02. The highest BCUT2D eigenvalue weighted by molar-refractivity contribution is 6.31. The minimum absolute atomic E-state index is 0.179. The van der Waals surface area contributed by atoms with Crippen molar-refractivity contribution in [2.75, 3.05) is 12.4 Å². The number of halogens is 1. The van der Waals surface area contributed by atoms with E-state index in [0.717, 1.165) is 10.9 Å². The fraction of sp³-hybridized carbons (Fsp3) is 0.294. The molecule has 0 radical (unpaired) electrons. The molecule has 0 aliphatic rings. The lowest BCUT2D eigenvalue weighted by Crippen LogP contribution is -2.18. The topological polar surface area (TPSA) is 91.0 Å². The van der Waals surface area contributed by atoms with Crippen LogP contribution in [-0.4, -0.2) is 38.5 Å². The third kappa shape index (κ3) is 3.41. The highest BCUT2D eigenvalue weighted by Gasteiger charge is 2.22. The van der Waals surface area contributed by atoms with Gasteiger partial charge in [0, 0.05) is 23.9 Å². The smallest absolute Gasteiger partial charge is 0.358 e. The number of esters is 1. The molecule has 0 atom stereocenters. The highest BCUT2D eigenvalue weighted by atomic mass is 35.5. The van der Waals surface area contributed by atoms with E-state index in [1.165, 1.54) is 11.8 Å². The highest BCUT2D eigenvalue weighted by Crippen LogP contribution is 2.22. The summed E-state index contributed by atoms with van der Waals surface area (Å²) in [5.74, 6) is -0.812. The van der Waals surface area contributed by atoms with Gasteiger partial charge < -0.3 is 10.1 Å². The third-order valence-corrected chi connectivity index (χ3v) is 4.26. The number of nitrogens with zero attached hydrogens (tertiary/aromatic N) is 4. The summed E-state index contributed by atoms with van der Waals surface area (Å²) in [4.78, 5) is 24.3. The summed E-state index contributed by atoms with van der Waals surface area (Å²) < 4.78 is 7.86.